The number of benzene rings is 2. The third kappa shape index (κ3) is 4.83. The number of hydrogen-bond donors (Lipinski definition) is 1. The van der Waals surface area contributed by atoms with Gasteiger partial charge in [0.15, 0.2) is 0 Å². The van der Waals surface area contributed by atoms with Crippen molar-refractivity contribution in [3.8, 4) is 11.8 Å². The van der Waals surface area contributed by atoms with Crippen molar-refractivity contribution in [1.82, 2.24) is 4.90 Å². The average molecular weight is 324 g/mol. The molecule has 0 fully saturated rings. The SMILES string of the molecule is CC(C(=O)O)N(C)Cc1cccc(OCc2cccc(C#N)c2)c1. The van der Waals surface area contributed by atoms with Crippen LogP contribution in [-0.4, -0.2) is 29.1 Å². The smallest absolute Gasteiger partial charge is 0.320 e. The first-order valence-corrected chi connectivity index (χ1v) is 7.63. The Balaban J connectivity index is 2.00. The van der Waals surface area contributed by atoms with Gasteiger partial charge < -0.3 is 9.84 Å². The third-order valence-electron chi connectivity index (χ3n) is 3.81. The molecule has 0 heterocycles. The lowest BCUT2D eigenvalue weighted by Crippen LogP contribution is -2.35. The summed E-state index contributed by atoms with van der Waals surface area (Å²) >= 11 is 0. The highest BCUT2D eigenvalue weighted by Gasteiger charge is 2.16. The van der Waals surface area contributed by atoms with Crippen molar-refractivity contribution in [2.24, 2.45) is 0 Å². The maximum absolute atomic E-state index is 11.0. The maximum atomic E-state index is 11.0. The Morgan fingerprint density at radius 2 is 1.96 bits per heavy atom. The van der Waals surface area contributed by atoms with Crippen LogP contribution in [0.5, 0.6) is 5.75 Å². The van der Waals surface area contributed by atoms with E-state index in [0.717, 1.165) is 11.1 Å². The van der Waals surface area contributed by atoms with Crippen LogP contribution in [0.2, 0.25) is 0 Å². The lowest BCUT2D eigenvalue weighted by atomic mass is 10.1. The predicted octanol–water partition coefficient (Wildman–Crippen LogP) is 3.04. The summed E-state index contributed by atoms with van der Waals surface area (Å²) in [6.45, 7) is 2.56. The summed E-state index contributed by atoms with van der Waals surface area (Å²) in [6, 6.07) is 16.4. The Morgan fingerprint density at radius 3 is 2.67 bits per heavy atom. The number of hydrogen-bond acceptors (Lipinski definition) is 4. The van der Waals surface area contributed by atoms with E-state index in [0.29, 0.717) is 24.5 Å². The molecule has 2 aromatic rings. The minimum absolute atomic E-state index is 0.375. The summed E-state index contributed by atoms with van der Waals surface area (Å²) in [5, 5.41) is 18.0. The van der Waals surface area contributed by atoms with Gasteiger partial charge in [-0.1, -0.05) is 24.3 Å². The van der Waals surface area contributed by atoms with Gasteiger partial charge >= 0.3 is 5.97 Å². The van der Waals surface area contributed by atoms with Gasteiger partial charge in [-0.25, -0.2) is 0 Å². The standard InChI is InChI=1S/C19H20N2O3/c1-14(19(22)23)21(2)12-16-6-4-8-18(10-16)24-13-17-7-3-5-15(9-17)11-20/h3-10,14H,12-13H2,1-2H3,(H,22,23). The van der Waals surface area contributed by atoms with Crippen molar-refractivity contribution in [3.63, 3.8) is 0 Å². The van der Waals surface area contributed by atoms with Crippen LogP contribution >= 0.6 is 0 Å². The fraction of sp³-hybridized carbons (Fsp3) is 0.263. The second-order valence-corrected chi connectivity index (χ2v) is 5.68. The lowest BCUT2D eigenvalue weighted by Gasteiger charge is -2.21. The van der Waals surface area contributed by atoms with E-state index in [1.807, 2.05) is 36.4 Å². The van der Waals surface area contributed by atoms with Gasteiger partial charge in [0.1, 0.15) is 18.4 Å². The largest absolute Gasteiger partial charge is 0.489 e. The topological polar surface area (TPSA) is 73.6 Å². The van der Waals surface area contributed by atoms with Gasteiger partial charge in [-0.15, -0.1) is 0 Å². The van der Waals surface area contributed by atoms with Crippen molar-refractivity contribution in [1.29, 1.82) is 5.26 Å². The van der Waals surface area contributed by atoms with Crippen molar-refractivity contribution in [2.45, 2.75) is 26.1 Å². The Kier molecular flexibility index (Phi) is 5.94. The number of nitriles is 1. The van der Waals surface area contributed by atoms with E-state index in [4.69, 9.17) is 15.1 Å². The molecule has 5 heteroatoms. The van der Waals surface area contributed by atoms with E-state index in [9.17, 15) is 4.79 Å². The van der Waals surface area contributed by atoms with Gasteiger partial charge in [-0.3, -0.25) is 9.69 Å². The number of carboxylic acids is 1. The highest BCUT2D eigenvalue weighted by Crippen LogP contribution is 2.17. The van der Waals surface area contributed by atoms with Gasteiger partial charge in [0.05, 0.1) is 11.6 Å². The quantitative estimate of drug-likeness (QED) is 0.847. The van der Waals surface area contributed by atoms with Crippen molar-refractivity contribution >= 4 is 5.97 Å². The van der Waals surface area contributed by atoms with E-state index in [1.165, 1.54) is 0 Å². The number of nitrogens with zero attached hydrogens (tertiary/aromatic N) is 2. The molecule has 0 spiro atoms. The number of carbonyl (C=O) groups is 1. The molecule has 5 nitrogen and oxygen atoms in total. The molecule has 0 radical (unpaired) electrons. The zero-order valence-corrected chi connectivity index (χ0v) is 13.8. The number of aliphatic carboxylic acids is 1. The van der Waals surface area contributed by atoms with E-state index in [1.54, 1.807) is 31.0 Å². The van der Waals surface area contributed by atoms with Crippen molar-refractivity contribution in [2.75, 3.05) is 7.05 Å². The second-order valence-electron chi connectivity index (χ2n) is 5.68. The molecule has 0 saturated carbocycles. The first kappa shape index (κ1) is 17.5. The molecule has 0 aliphatic heterocycles. The monoisotopic (exact) mass is 324 g/mol. The number of likely N-dealkylation sites (N-methyl/N-ethyl adjacent to an activating group) is 1. The molecule has 0 aromatic heterocycles. The van der Waals surface area contributed by atoms with E-state index < -0.39 is 12.0 Å². The molecule has 1 atom stereocenters. The van der Waals surface area contributed by atoms with Crippen molar-refractivity contribution in [3.05, 3.63) is 65.2 Å². The summed E-state index contributed by atoms with van der Waals surface area (Å²) in [6.07, 6.45) is 0. The summed E-state index contributed by atoms with van der Waals surface area (Å²) < 4.78 is 5.78. The summed E-state index contributed by atoms with van der Waals surface area (Å²) in [7, 11) is 1.78. The van der Waals surface area contributed by atoms with Crippen LogP contribution in [0.25, 0.3) is 0 Å². The second kappa shape index (κ2) is 8.14. The Bertz CT molecular complexity index is 752. The van der Waals surface area contributed by atoms with Crippen molar-refractivity contribution < 1.29 is 14.6 Å². The van der Waals surface area contributed by atoms with Crippen LogP contribution in [0.1, 0.15) is 23.6 Å². The molecule has 2 aromatic carbocycles. The molecule has 0 bridgehead atoms. The van der Waals surface area contributed by atoms with Gasteiger partial charge in [0.2, 0.25) is 0 Å². The van der Waals surface area contributed by atoms with Gasteiger partial charge in [-0.05, 0) is 49.4 Å². The van der Waals surface area contributed by atoms with E-state index in [-0.39, 0.29) is 0 Å². The molecular weight excluding hydrogens is 304 g/mol. The highest BCUT2D eigenvalue weighted by atomic mass is 16.5. The zero-order chi connectivity index (χ0) is 17.5. The molecule has 0 amide bonds. The maximum Gasteiger partial charge on any atom is 0.320 e. The van der Waals surface area contributed by atoms with Crippen LogP contribution in [0.3, 0.4) is 0 Å². The molecule has 0 aliphatic carbocycles. The van der Waals surface area contributed by atoms with Gasteiger partial charge in [0.25, 0.3) is 0 Å². The van der Waals surface area contributed by atoms with Crippen LogP contribution in [-0.2, 0) is 17.9 Å². The Hall–Kier alpha value is -2.84. The van der Waals surface area contributed by atoms with E-state index in [2.05, 4.69) is 6.07 Å². The van der Waals surface area contributed by atoms with Crippen LogP contribution in [0.4, 0.5) is 0 Å². The summed E-state index contributed by atoms with van der Waals surface area (Å²) in [4.78, 5) is 12.8. The summed E-state index contributed by atoms with van der Waals surface area (Å²) in [5.41, 5.74) is 2.51. The van der Waals surface area contributed by atoms with Crippen LogP contribution in [0, 0.1) is 11.3 Å². The molecule has 1 N–H and O–H groups in total. The molecule has 0 aliphatic rings. The fourth-order valence-electron chi connectivity index (χ4n) is 2.24. The average Bonchev–Trinajstić information content (AvgIpc) is 2.59. The molecular formula is C19H20N2O3. The van der Waals surface area contributed by atoms with Crippen LogP contribution < -0.4 is 4.74 Å². The molecule has 124 valence electrons. The third-order valence-corrected chi connectivity index (χ3v) is 3.81. The number of carboxylic acid groups (broad SMARTS) is 1. The first-order valence-electron chi connectivity index (χ1n) is 7.63. The minimum atomic E-state index is -0.845. The van der Waals surface area contributed by atoms with Gasteiger partial charge in [0, 0.05) is 6.54 Å². The molecule has 0 saturated heterocycles. The fourth-order valence-corrected chi connectivity index (χ4v) is 2.24. The van der Waals surface area contributed by atoms with Crippen LogP contribution in [0.15, 0.2) is 48.5 Å². The lowest BCUT2D eigenvalue weighted by molar-refractivity contribution is -0.142. The first-order chi connectivity index (χ1) is 11.5. The minimum Gasteiger partial charge on any atom is -0.489 e. The zero-order valence-electron chi connectivity index (χ0n) is 13.8. The highest BCUT2D eigenvalue weighted by molar-refractivity contribution is 5.72. The number of rotatable bonds is 7. The Labute approximate surface area is 141 Å². The molecule has 24 heavy (non-hydrogen) atoms. The molecule has 2 rings (SSSR count). The van der Waals surface area contributed by atoms with Gasteiger partial charge in [-0.2, -0.15) is 5.26 Å². The number of ether oxygens (including phenoxy) is 1. The Morgan fingerprint density at radius 1 is 1.25 bits per heavy atom. The van der Waals surface area contributed by atoms with E-state index >= 15 is 0 Å². The molecule has 1 unspecified atom stereocenters. The normalized spacial score (nSPS) is 11.8. The predicted molar refractivity (Wildman–Crippen MR) is 90.5 cm³/mol. The summed E-state index contributed by atoms with van der Waals surface area (Å²) in [5.74, 6) is -0.131.